The van der Waals surface area contributed by atoms with Crippen LogP contribution in [0.4, 0.5) is 0 Å². The molecule has 0 fully saturated rings. The molecule has 1 aromatic carbocycles. The average molecular weight is 804 g/mol. The first-order valence-corrected chi connectivity index (χ1v) is 22.4. The number of esters is 1. The molecule has 0 unspecified atom stereocenters. The van der Waals surface area contributed by atoms with Gasteiger partial charge in [0.05, 0.1) is 33.8 Å². The number of benzene rings is 1. The summed E-state index contributed by atoms with van der Waals surface area (Å²) < 4.78 is 6.14. The minimum Gasteiger partial charge on any atom is -1.00 e. The van der Waals surface area contributed by atoms with Gasteiger partial charge < -0.3 is 27.4 Å². The lowest BCUT2D eigenvalue weighted by Crippen LogP contribution is -3.00. The van der Waals surface area contributed by atoms with Crippen LogP contribution in [0.3, 0.4) is 0 Å². The maximum Gasteiger partial charge on any atom is 0.333 e. The number of rotatable bonds is 33. The summed E-state index contributed by atoms with van der Waals surface area (Å²) in [5.41, 5.74) is 6.20. The molecule has 5 nitrogen and oxygen atoms in total. The van der Waals surface area contributed by atoms with Gasteiger partial charge in [0.1, 0.15) is 0 Å². The van der Waals surface area contributed by atoms with Crippen molar-refractivity contribution in [2.24, 2.45) is 5.73 Å². The summed E-state index contributed by atoms with van der Waals surface area (Å²) in [6, 6.07) is 10.0. The third kappa shape index (κ3) is 53.5. The molecule has 0 aliphatic heterocycles. The molecule has 56 heavy (non-hydrogen) atoms. The standard InChI is InChI=1S/C23H48N.C16H30O2.C8H8.C3H5NO.ClH/c1-5-7-8-9-10-11-12-13-14-15-16-17-18-19-20-21-23-24(3,4)22-6-2;1-4-5-6-7-8-9-10-11-12-13-14-18-16(17)15(2)3;1-2-8-6-4-3-5-7-8;1-2-3(4)5;/h6H,2,5,7-23H2,1,3-4H3;2,4-14H2,1,3H3;2-7H,1H2;2H,1H2,(H2,4,5);1H/q+1;;;;/p-1. The Labute approximate surface area is 355 Å². The monoisotopic (exact) mass is 803 g/mol. The summed E-state index contributed by atoms with van der Waals surface area (Å²) in [5, 5.41) is 0. The van der Waals surface area contributed by atoms with E-state index >= 15 is 0 Å². The van der Waals surface area contributed by atoms with E-state index in [0.29, 0.717) is 12.2 Å². The molecule has 0 heterocycles. The lowest BCUT2D eigenvalue weighted by molar-refractivity contribution is -0.884. The molecular weight excluding hydrogens is 712 g/mol. The molecule has 0 aliphatic rings. The Hall–Kier alpha value is -2.63. The number of ether oxygens (including phenoxy) is 1. The largest absolute Gasteiger partial charge is 1.00 e. The number of halogens is 1. The molecule has 0 aliphatic carbocycles. The van der Waals surface area contributed by atoms with Gasteiger partial charge in [-0.25, -0.2) is 4.79 Å². The number of likely N-dealkylation sites (N-methyl/N-ethyl adjacent to an activating group) is 1. The minimum absolute atomic E-state index is 0. The summed E-state index contributed by atoms with van der Waals surface area (Å²) in [5.74, 6) is -0.740. The summed E-state index contributed by atoms with van der Waals surface area (Å²) in [4.78, 5) is 20.6. The van der Waals surface area contributed by atoms with Crippen LogP contribution in [0.5, 0.6) is 0 Å². The summed E-state index contributed by atoms with van der Waals surface area (Å²) in [7, 11) is 4.62. The molecule has 1 amide bonds. The van der Waals surface area contributed by atoms with E-state index in [0.717, 1.165) is 23.5 Å². The molecular formula is C50H91ClN2O3. The third-order valence-electron chi connectivity index (χ3n) is 9.56. The maximum atomic E-state index is 11.1. The second-order valence-corrected chi connectivity index (χ2v) is 15.8. The van der Waals surface area contributed by atoms with Gasteiger partial charge in [-0.05, 0) is 43.9 Å². The van der Waals surface area contributed by atoms with Gasteiger partial charge in [0.15, 0.2) is 0 Å². The van der Waals surface area contributed by atoms with Gasteiger partial charge in [0.2, 0.25) is 5.91 Å². The highest BCUT2D eigenvalue weighted by atomic mass is 35.5. The van der Waals surface area contributed by atoms with Gasteiger partial charge in [-0.15, -0.1) is 0 Å². The number of unbranched alkanes of at least 4 members (excludes halogenated alkanes) is 24. The Morgan fingerprint density at radius 2 is 0.964 bits per heavy atom. The van der Waals surface area contributed by atoms with Crippen molar-refractivity contribution in [3.8, 4) is 0 Å². The Morgan fingerprint density at radius 3 is 1.25 bits per heavy atom. The van der Waals surface area contributed by atoms with Crippen molar-refractivity contribution >= 4 is 18.0 Å². The van der Waals surface area contributed by atoms with E-state index < -0.39 is 5.91 Å². The molecule has 0 radical (unpaired) electrons. The number of amides is 1. The van der Waals surface area contributed by atoms with Crippen LogP contribution >= 0.6 is 0 Å². The first-order valence-electron chi connectivity index (χ1n) is 22.4. The Bertz CT molecular complexity index is 1020. The van der Waals surface area contributed by atoms with E-state index in [1.165, 1.54) is 173 Å². The number of nitrogens with two attached hydrogens (primary N) is 1. The Morgan fingerprint density at radius 1 is 0.625 bits per heavy atom. The van der Waals surface area contributed by atoms with Crippen LogP contribution in [0, 0.1) is 0 Å². The highest BCUT2D eigenvalue weighted by Crippen LogP contribution is 2.14. The van der Waals surface area contributed by atoms with Gasteiger partial charge >= 0.3 is 5.97 Å². The SMILES string of the molecule is C=C(C)C(=O)OCCCCCCCCCCCC.C=CC(N)=O.C=CC[N+](C)(C)CCCCCCCCCCCCCCCCCC.C=Cc1ccccc1.[Cl-]. The first-order chi connectivity index (χ1) is 26.5. The van der Waals surface area contributed by atoms with E-state index in [1.54, 1.807) is 6.92 Å². The molecule has 2 N–H and O–H groups in total. The lowest BCUT2D eigenvalue weighted by atomic mass is 10.0. The number of quaternary nitrogens is 1. The van der Waals surface area contributed by atoms with Crippen LogP contribution in [-0.2, 0) is 14.3 Å². The molecule has 0 bridgehead atoms. The number of primary amides is 1. The zero-order chi connectivity index (χ0) is 41.7. The topological polar surface area (TPSA) is 69.4 Å². The van der Waals surface area contributed by atoms with E-state index in [2.05, 4.69) is 60.0 Å². The molecule has 0 aromatic heterocycles. The molecule has 1 aromatic rings. The van der Waals surface area contributed by atoms with Crippen LogP contribution in [0.15, 0.2) is 74.4 Å². The van der Waals surface area contributed by atoms with E-state index in [-0.39, 0.29) is 18.4 Å². The summed E-state index contributed by atoms with van der Waals surface area (Å²) >= 11 is 0. The summed E-state index contributed by atoms with van der Waals surface area (Å²) in [6.07, 6.45) is 41.1. The molecule has 0 saturated heterocycles. The van der Waals surface area contributed by atoms with Crippen molar-refractivity contribution in [1.29, 1.82) is 0 Å². The predicted octanol–water partition coefficient (Wildman–Crippen LogP) is 11.5. The van der Waals surface area contributed by atoms with Gasteiger partial charge in [0, 0.05) is 5.57 Å². The number of hydrogen-bond donors (Lipinski definition) is 1. The summed E-state index contributed by atoms with van der Waals surface area (Å²) in [6.45, 7) is 23.3. The van der Waals surface area contributed by atoms with E-state index in [1.807, 2.05) is 42.5 Å². The van der Waals surface area contributed by atoms with Crippen molar-refractivity contribution in [1.82, 2.24) is 0 Å². The lowest BCUT2D eigenvalue weighted by Gasteiger charge is -2.28. The normalized spacial score (nSPS) is 10.2. The van der Waals surface area contributed by atoms with E-state index in [4.69, 9.17) is 4.74 Å². The van der Waals surface area contributed by atoms with Crippen LogP contribution in [-0.4, -0.2) is 50.2 Å². The van der Waals surface area contributed by atoms with Crippen LogP contribution in [0.2, 0.25) is 0 Å². The van der Waals surface area contributed by atoms with Gasteiger partial charge in [0.25, 0.3) is 0 Å². The van der Waals surface area contributed by atoms with Crippen molar-refractivity contribution in [3.63, 3.8) is 0 Å². The number of carbonyl (C=O) groups excluding carboxylic acids is 2. The fourth-order valence-electron chi connectivity index (χ4n) is 6.00. The number of hydrogen-bond acceptors (Lipinski definition) is 3. The van der Waals surface area contributed by atoms with E-state index in [9.17, 15) is 9.59 Å². The van der Waals surface area contributed by atoms with Gasteiger partial charge in [-0.2, -0.15) is 0 Å². The van der Waals surface area contributed by atoms with Gasteiger partial charge in [-0.3, -0.25) is 4.79 Å². The van der Waals surface area contributed by atoms with Crippen molar-refractivity contribution in [2.75, 3.05) is 33.8 Å². The molecule has 0 saturated carbocycles. The highest BCUT2D eigenvalue weighted by Gasteiger charge is 2.11. The van der Waals surface area contributed by atoms with Crippen molar-refractivity contribution < 1.29 is 31.2 Å². The van der Waals surface area contributed by atoms with Crippen LogP contribution in [0.1, 0.15) is 193 Å². The van der Waals surface area contributed by atoms with Crippen LogP contribution < -0.4 is 18.1 Å². The second kappa shape index (κ2) is 48.5. The first kappa shape index (κ1) is 60.1. The fraction of sp³-hybridized carbons (Fsp3) is 0.680. The molecule has 0 atom stereocenters. The van der Waals surface area contributed by atoms with Crippen molar-refractivity contribution in [3.05, 3.63) is 79.9 Å². The predicted molar refractivity (Wildman–Crippen MR) is 245 cm³/mol. The zero-order valence-corrected chi connectivity index (χ0v) is 38.3. The van der Waals surface area contributed by atoms with Crippen molar-refractivity contribution in [2.45, 2.75) is 188 Å². The second-order valence-electron chi connectivity index (χ2n) is 15.8. The fourth-order valence-corrected chi connectivity index (χ4v) is 6.00. The molecule has 0 spiro atoms. The number of nitrogens with zero attached hydrogens (tertiary/aromatic N) is 1. The zero-order valence-electron chi connectivity index (χ0n) is 37.6. The Balaban J connectivity index is -0.000000367. The molecule has 326 valence electrons. The van der Waals surface area contributed by atoms with Gasteiger partial charge in [-0.1, -0.05) is 224 Å². The minimum atomic E-state index is -0.481. The quantitative estimate of drug-likeness (QED) is 0.0253. The molecule has 6 heteroatoms. The molecule has 1 rings (SSSR count). The maximum absolute atomic E-state index is 11.1. The smallest absolute Gasteiger partial charge is 0.333 e. The third-order valence-corrected chi connectivity index (χ3v) is 9.56. The van der Waals surface area contributed by atoms with Crippen LogP contribution in [0.25, 0.3) is 6.08 Å². The number of carbonyl (C=O) groups is 2. The highest BCUT2D eigenvalue weighted by molar-refractivity contribution is 5.86. The Kier molecular flexibility index (Phi) is 52.0. The average Bonchev–Trinajstić information content (AvgIpc) is 3.17.